The molecule has 1 amide bonds. The Hall–Kier alpha value is -1.32. The number of aliphatic carboxylic acids is 1. The number of likely N-dealkylation sites (N-methyl/N-ethyl adjacent to an activating group) is 1. The molecule has 0 heterocycles. The Balaban J connectivity index is 3.34. The van der Waals surface area contributed by atoms with Crippen LogP contribution in [0.2, 0.25) is 0 Å². The molecular formula is C11H19NO3. The van der Waals surface area contributed by atoms with Crippen LogP contribution in [0.4, 0.5) is 0 Å². The van der Waals surface area contributed by atoms with Crippen LogP contribution in [0.1, 0.15) is 32.1 Å². The lowest BCUT2D eigenvalue weighted by Gasteiger charge is -2.14. The predicted octanol–water partition coefficient (Wildman–Crippen LogP) is 1.67. The Kier molecular flexibility index (Phi) is 7.32. The highest BCUT2D eigenvalue weighted by atomic mass is 16.4. The van der Waals surface area contributed by atoms with Crippen LogP contribution in [-0.4, -0.2) is 35.5 Å². The van der Waals surface area contributed by atoms with Gasteiger partial charge in [0.2, 0.25) is 5.91 Å². The number of rotatable bonds is 8. The maximum atomic E-state index is 11.1. The van der Waals surface area contributed by atoms with Gasteiger partial charge < -0.3 is 10.0 Å². The van der Waals surface area contributed by atoms with Crippen molar-refractivity contribution in [3.63, 3.8) is 0 Å². The van der Waals surface area contributed by atoms with Crippen molar-refractivity contribution in [1.29, 1.82) is 0 Å². The van der Waals surface area contributed by atoms with Gasteiger partial charge in [0.05, 0.1) is 0 Å². The summed E-state index contributed by atoms with van der Waals surface area (Å²) in [4.78, 5) is 22.9. The largest absolute Gasteiger partial charge is 0.481 e. The quantitative estimate of drug-likeness (QED) is 0.493. The SMILES string of the molecule is C=CC(=O)N(C)CCCCCCC(=O)O. The first-order valence-corrected chi connectivity index (χ1v) is 5.17. The molecule has 0 saturated carbocycles. The number of amides is 1. The van der Waals surface area contributed by atoms with Gasteiger partial charge in [-0.25, -0.2) is 0 Å². The second-order valence-corrected chi connectivity index (χ2v) is 3.52. The molecule has 0 aromatic carbocycles. The smallest absolute Gasteiger partial charge is 0.303 e. The predicted molar refractivity (Wildman–Crippen MR) is 58.6 cm³/mol. The molecule has 0 saturated heterocycles. The first kappa shape index (κ1) is 13.7. The summed E-state index contributed by atoms with van der Waals surface area (Å²) in [6, 6.07) is 0. The number of hydrogen-bond acceptors (Lipinski definition) is 2. The third-order valence-corrected chi connectivity index (χ3v) is 2.19. The minimum absolute atomic E-state index is 0.0689. The molecule has 86 valence electrons. The normalized spacial score (nSPS) is 9.67. The van der Waals surface area contributed by atoms with Crippen molar-refractivity contribution >= 4 is 11.9 Å². The standard InChI is InChI=1S/C11H19NO3/c1-3-10(13)12(2)9-7-5-4-6-8-11(14)15/h3H,1,4-9H2,2H3,(H,14,15). The van der Waals surface area contributed by atoms with Gasteiger partial charge in [0.25, 0.3) is 0 Å². The second-order valence-electron chi connectivity index (χ2n) is 3.52. The fourth-order valence-corrected chi connectivity index (χ4v) is 1.24. The summed E-state index contributed by atoms with van der Waals surface area (Å²) in [6.45, 7) is 4.11. The summed E-state index contributed by atoms with van der Waals surface area (Å²) >= 11 is 0. The minimum Gasteiger partial charge on any atom is -0.481 e. The number of carboxylic acids is 1. The van der Waals surface area contributed by atoms with Crippen LogP contribution >= 0.6 is 0 Å². The van der Waals surface area contributed by atoms with E-state index in [9.17, 15) is 9.59 Å². The van der Waals surface area contributed by atoms with Crippen molar-refractivity contribution in [3.05, 3.63) is 12.7 Å². The molecule has 0 spiro atoms. The third kappa shape index (κ3) is 7.73. The molecule has 0 aliphatic carbocycles. The molecule has 0 fully saturated rings. The fourth-order valence-electron chi connectivity index (χ4n) is 1.24. The second kappa shape index (κ2) is 8.03. The number of carbonyl (C=O) groups is 2. The van der Waals surface area contributed by atoms with E-state index >= 15 is 0 Å². The maximum Gasteiger partial charge on any atom is 0.303 e. The lowest BCUT2D eigenvalue weighted by atomic mass is 10.1. The van der Waals surface area contributed by atoms with E-state index in [4.69, 9.17) is 5.11 Å². The topological polar surface area (TPSA) is 57.6 Å². The van der Waals surface area contributed by atoms with Crippen molar-refractivity contribution in [2.45, 2.75) is 32.1 Å². The summed E-state index contributed by atoms with van der Waals surface area (Å²) in [5.74, 6) is -0.811. The number of carbonyl (C=O) groups excluding carboxylic acids is 1. The van der Waals surface area contributed by atoms with E-state index in [0.29, 0.717) is 13.0 Å². The van der Waals surface area contributed by atoms with E-state index in [-0.39, 0.29) is 12.3 Å². The molecule has 0 aliphatic heterocycles. The van der Waals surface area contributed by atoms with Crippen LogP contribution in [0.25, 0.3) is 0 Å². The molecule has 0 aromatic rings. The highest BCUT2D eigenvalue weighted by Crippen LogP contribution is 2.03. The lowest BCUT2D eigenvalue weighted by molar-refractivity contribution is -0.137. The molecule has 1 N–H and O–H groups in total. The van der Waals surface area contributed by atoms with Gasteiger partial charge in [-0.3, -0.25) is 9.59 Å². The summed E-state index contributed by atoms with van der Waals surface area (Å²) in [5, 5.41) is 8.40. The Morgan fingerprint density at radius 2 is 1.87 bits per heavy atom. The number of nitrogens with zero attached hydrogens (tertiary/aromatic N) is 1. The first-order valence-electron chi connectivity index (χ1n) is 5.17. The van der Waals surface area contributed by atoms with E-state index in [1.54, 1.807) is 11.9 Å². The van der Waals surface area contributed by atoms with Gasteiger partial charge in [0.15, 0.2) is 0 Å². The molecule has 0 radical (unpaired) electrons. The van der Waals surface area contributed by atoms with Gasteiger partial charge >= 0.3 is 5.97 Å². The van der Waals surface area contributed by atoms with E-state index < -0.39 is 5.97 Å². The third-order valence-electron chi connectivity index (χ3n) is 2.19. The van der Waals surface area contributed by atoms with Crippen LogP contribution < -0.4 is 0 Å². The summed E-state index contributed by atoms with van der Waals surface area (Å²) < 4.78 is 0. The van der Waals surface area contributed by atoms with E-state index in [2.05, 4.69) is 6.58 Å². The highest BCUT2D eigenvalue weighted by molar-refractivity contribution is 5.86. The Bertz CT molecular complexity index is 226. The Morgan fingerprint density at radius 1 is 1.27 bits per heavy atom. The van der Waals surface area contributed by atoms with Crippen molar-refractivity contribution in [1.82, 2.24) is 4.90 Å². The zero-order chi connectivity index (χ0) is 11.7. The molecule has 4 nitrogen and oxygen atoms in total. The lowest BCUT2D eigenvalue weighted by Crippen LogP contribution is -2.25. The van der Waals surface area contributed by atoms with Gasteiger partial charge in [0, 0.05) is 20.0 Å². The van der Waals surface area contributed by atoms with Gasteiger partial charge in [-0.05, 0) is 18.9 Å². The molecular weight excluding hydrogens is 194 g/mol. The van der Waals surface area contributed by atoms with Gasteiger partial charge in [-0.1, -0.05) is 19.4 Å². The number of carboxylic acid groups (broad SMARTS) is 1. The molecule has 0 aliphatic rings. The average molecular weight is 213 g/mol. The molecule has 0 rings (SSSR count). The van der Waals surface area contributed by atoms with Gasteiger partial charge in [-0.2, -0.15) is 0 Å². The van der Waals surface area contributed by atoms with Gasteiger partial charge in [-0.15, -0.1) is 0 Å². The van der Waals surface area contributed by atoms with E-state index in [1.165, 1.54) is 6.08 Å². The van der Waals surface area contributed by atoms with E-state index in [0.717, 1.165) is 19.3 Å². The molecule has 15 heavy (non-hydrogen) atoms. The van der Waals surface area contributed by atoms with Gasteiger partial charge in [0.1, 0.15) is 0 Å². The van der Waals surface area contributed by atoms with Crippen molar-refractivity contribution in [3.8, 4) is 0 Å². The van der Waals surface area contributed by atoms with Crippen LogP contribution in [0.15, 0.2) is 12.7 Å². The van der Waals surface area contributed by atoms with Crippen LogP contribution in [0.3, 0.4) is 0 Å². The monoisotopic (exact) mass is 213 g/mol. The summed E-state index contributed by atoms with van der Waals surface area (Å²) in [6.07, 6.45) is 5.03. The summed E-state index contributed by atoms with van der Waals surface area (Å²) in [7, 11) is 1.74. The van der Waals surface area contributed by atoms with Crippen LogP contribution in [-0.2, 0) is 9.59 Å². The Morgan fingerprint density at radius 3 is 2.40 bits per heavy atom. The zero-order valence-corrected chi connectivity index (χ0v) is 9.24. The number of hydrogen-bond donors (Lipinski definition) is 1. The van der Waals surface area contributed by atoms with Crippen LogP contribution in [0, 0.1) is 0 Å². The highest BCUT2D eigenvalue weighted by Gasteiger charge is 2.02. The zero-order valence-electron chi connectivity index (χ0n) is 9.24. The molecule has 4 heteroatoms. The summed E-state index contributed by atoms with van der Waals surface area (Å²) in [5.41, 5.74) is 0. The first-order chi connectivity index (χ1) is 7.07. The minimum atomic E-state index is -0.742. The van der Waals surface area contributed by atoms with E-state index in [1.807, 2.05) is 0 Å². The maximum absolute atomic E-state index is 11.1. The van der Waals surface area contributed by atoms with Crippen molar-refractivity contribution < 1.29 is 14.7 Å². The average Bonchev–Trinajstić information content (AvgIpc) is 2.21. The molecule has 0 unspecified atom stereocenters. The fraction of sp³-hybridized carbons (Fsp3) is 0.636. The Labute approximate surface area is 90.6 Å². The number of unbranched alkanes of at least 4 members (excludes halogenated alkanes) is 3. The molecule has 0 bridgehead atoms. The molecule has 0 atom stereocenters. The van der Waals surface area contributed by atoms with Crippen LogP contribution in [0.5, 0.6) is 0 Å². The molecule has 0 aromatic heterocycles. The van der Waals surface area contributed by atoms with Crippen molar-refractivity contribution in [2.75, 3.05) is 13.6 Å². The van der Waals surface area contributed by atoms with Crippen molar-refractivity contribution in [2.24, 2.45) is 0 Å².